The Labute approximate surface area is 141 Å². The Morgan fingerprint density at radius 3 is 2.48 bits per heavy atom. The molecule has 3 N–H and O–H groups in total. The molecule has 3 rings (SSSR count). The summed E-state index contributed by atoms with van der Waals surface area (Å²) in [6.07, 6.45) is 0.739. The lowest BCUT2D eigenvalue weighted by molar-refractivity contribution is 0.821. The first-order valence-electron chi connectivity index (χ1n) is 7.55. The Balaban J connectivity index is 1.88. The first-order valence-corrected chi connectivity index (χ1v) is 7.95. The number of anilines is 1. The van der Waals surface area contributed by atoms with Gasteiger partial charge >= 0.3 is 0 Å². The number of hydrogen-bond acceptors (Lipinski definition) is 3. The van der Waals surface area contributed by atoms with Crippen molar-refractivity contribution in [1.82, 2.24) is 9.97 Å². The van der Waals surface area contributed by atoms with Gasteiger partial charge in [0.25, 0.3) is 0 Å². The molecule has 0 radical (unpaired) electrons. The van der Waals surface area contributed by atoms with Crippen LogP contribution >= 0.6 is 12.2 Å². The van der Waals surface area contributed by atoms with Crippen LogP contribution in [0.2, 0.25) is 0 Å². The minimum atomic E-state index is -0.0948. The number of rotatable bonds is 5. The van der Waals surface area contributed by atoms with Crippen LogP contribution in [0, 0.1) is 0 Å². The van der Waals surface area contributed by atoms with Crippen molar-refractivity contribution in [2.24, 2.45) is 5.73 Å². The SMILES string of the molecule is CN(C)c1ccc(C[C@H](C(N)=S)c2nc3ccccc3[nH]2)cc1. The highest BCUT2D eigenvalue weighted by molar-refractivity contribution is 7.80. The summed E-state index contributed by atoms with van der Waals surface area (Å²) >= 11 is 5.28. The fraction of sp³-hybridized carbons (Fsp3) is 0.222. The van der Waals surface area contributed by atoms with E-state index in [2.05, 4.69) is 39.1 Å². The predicted molar refractivity (Wildman–Crippen MR) is 100 cm³/mol. The van der Waals surface area contributed by atoms with Crippen LogP contribution in [0.25, 0.3) is 11.0 Å². The molecule has 0 aliphatic heterocycles. The molecule has 1 heterocycles. The number of fused-ring (bicyclic) bond motifs is 1. The van der Waals surface area contributed by atoms with E-state index in [-0.39, 0.29) is 5.92 Å². The molecule has 0 fully saturated rings. The van der Waals surface area contributed by atoms with Crippen LogP contribution in [0.3, 0.4) is 0 Å². The van der Waals surface area contributed by atoms with Crippen LogP contribution < -0.4 is 10.6 Å². The average molecular weight is 324 g/mol. The lowest BCUT2D eigenvalue weighted by Crippen LogP contribution is -2.22. The molecule has 1 aromatic heterocycles. The number of nitrogens with one attached hydrogen (secondary N) is 1. The van der Waals surface area contributed by atoms with Gasteiger partial charge in [-0.2, -0.15) is 0 Å². The normalized spacial score (nSPS) is 12.3. The van der Waals surface area contributed by atoms with Crippen molar-refractivity contribution < 1.29 is 0 Å². The summed E-state index contributed by atoms with van der Waals surface area (Å²) < 4.78 is 0. The maximum atomic E-state index is 5.98. The van der Waals surface area contributed by atoms with Gasteiger partial charge in [-0.25, -0.2) is 4.98 Å². The first-order chi connectivity index (χ1) is 11.0. The molecule has 2 aromatic carbocycles. The standard InChI is InChI=1S/C18H20N4S/c1-22(2)13-9-7-12(8-10-13)11-14(17(19)23)18-20-15-5-3-4-6-16(15)21-18/h3-10,14H,11H2,1-2H3,(H2,19,23)(H,20,21)/t14-/m1/s1. The molecular formula is C18H20N4S. The van der Waals surface area contributed by atoms with Crippen molar-refractivity contribution >= 4 is 33.9 Å². The van der Waals surface area contributed by atoms with E-state index in [1.807, 2.05) is 38.4 Å². The molecule has 23 heavy (non-hydrogen) atoms. The Hall–Kier alpha value is -2.40. The van der Waals surface area contributed by atoms with Crippen LogP contribution in [0.1, 0.15) is 17.3 Å². The van der Waals surface area contributed by atoms with Gasteiger partial charge in [0.2, 0.25) is 0 Å². The molecule has 5 heteroatoms. The highest BCUT2D eigenvalue weighted by Gasteiger charge is 2.19. The van der Waals surface area contributed by atoms with E-state index in [0.717, 1.165) is 23.3 Å². The van der Waals surface area contributed by atoms with E-state index in [1.165, 1.54) is 11.3 Å². The topological polar surface area (TPSA) is 57.9 Å². The van der Waals surface area contributed by atoms with Crippen molar-refractivity contribution in [2.75, 3.05) is 19.0 Å². The van der Waals surface area contributed by atoms with Crippen molar-refractivity contribution in [2.45, 2.75) is 12.3 Å². The van der Waals surface area contributed by atoms with E-state index in [0.29, 0.717) is 4.99 Å². The zero-order valence-corrected chi connectivity index (χ0v) is 14.1. The summed E-state index contributed by atoms with van der Waals surface area (Å²) in [6, 6.07) is 16.4. The first kappa shape index (κ1) is 15.5. The molecule has 4 nitrogen and oxygen atoms in total. The minimum Gasteiger partial charge on any atom is -0.393 e. The molecule has 0 aliphatic carbocycles. The number of aromatic nitrogens is 2. The molecular weight excluding hydrogens is 304 g/mol. The molecule has 1 atom stereocenters. The summed E-state index contributed by atoms with van der Waals surface area (Å²) in [5, 5.41) is 0. The van der Waals surface area contributed by atoms with Crippen LogP contribution in [-0.4, -0.2) is 29.1 Å². The molecule has 0 saturated heterocycles. The van der Waals surface area contributed by atoms with E-state index in [9.17, 15) is 0 Å². The summed E-state index contributed by atoms with van der Waals surface area (Å²) in [7, 11) is 4.06. The van der Waals surface area contributed by atoms with Gasteiger partial charge in [0.15, 0.2) is 0 Å². The van der Waals surface area contributed by atoms with Crippen LogP contribution in [-0.2, 0) is 6.42 Å². The molecule has 0 unspecified atom stereocenters. The summed E-state index contributed by atoms with van der Waals surface area (Å²) in [5.41, 5.74) is 10.3. The van der Waals surface area contributed by atoms with Crippen molar-refractivity contribution in [3.8, 4) is 0 Å². The summed E-state index contributed by atoms with van der Waals surface area (Å²) in [6.45, 7) is 0. The number of para-hydroxylation sites is 2. The van der Waals surface area contributed by atoms with Gasteiger partial charge in [0.1, 0.15) is 5.82 Å². The monoisotopic (exact) mass is 324 g/mol. The Bertz CT molecular complexity index is 787. The van der Waals surface area contributed by atoms with Crippen LogP contribution in [0.5, 0.6) is 0 Å². The Morgan fingerprint density at radius 2 is 1.87 bits per heavy atom. The van der Waals surface area contributed by atoms with Crippen molar-refractivity contribution in [1.29, 1.82) is 0 Å². The quantitative estimate of drug-likeness (QED) is 0.707. The number of imidazole rings is 1. The van der Waals surface area contributed by atoms with Gasteiger partial charge in [-0.1, -0.05) is 36.5 Å². The summed E-state index contributed by atoms with van der Waals surface area (Å²) in [4.78, 5) is 10.5. The largest absolute Gasteiger partial charge is 0.393 e. The number of H-pyrrole nitrogens is 1. The maximum absolute atomic E-state index is 5.98. The van der Waals surface area contributed by atoms with Gasteiger partial charge in [-0.15, -0.1) is 0 Å². The lowest BCUT2D eigenvalue weighted by Gasteiger charge is -2.15. The predicted octanol–water partition coefficient (Wildman–Crippen LogP) is 3.24. The number of nitrogens with two attached hydrogens (primary N) is 1. The lowest BCUT2D eigenvalue weighted by atomic mass is 9.98. The third-order valence-electron chi connectivity index (χ3n) is 3.97. The van der Waals surface area contributed by atoms with E-state index in [4.69, 9.17) is 18.0 Å². The zero-order valence-electron chi connectivity index (χ0n) is 13.3. The average Bonchev–Trinajstić information content (AvgIpc) is 2.96. The third-order valence-corrected chi connectivity index (χ3v) is 4.26. The van der Waals surface area contributed by atoms with Crippen LogP contribution in [0.15, 0.2) is 48.5 Å². The van der Waals surface area contributed by atoms with E-state index in [1.54, 1.807) is 0 Å². The Morgan fingerprint density at radius 1 is 1.17 bits per heavy atom. The highest BCUT2D eigenvalue weighted by Crippen LogP contribution is 2.23. The number of nitrogens with zero attached hydrogens (tertiary/aromatic N) is 2. The van der Waals surface area contributed by atoms with Gasteiger partial charge in [0.05, 0.1) is 21.9 Å². The smallest absolute Gasteiger partial charge is 0.117 e. The van der Waals surface area contributed by atoms with Crippen molar-refractivity contribution in [3.63, 3.8) is 0 Å². The number of aromatic amines is 1. The molecule has 3 aromatic rings. The molecule has 0 aliphatic rings. The highest BCUT2D eigenvalue weighted by atomic mass is 32.1. The zero-order chi connectivity index (χ0) is 16.4. The Kier molecular flexibility index (Phi) is 4.30. The molecule has 0 spiro atoms. The second-order valence-corrected chi connectivity index (χ2v) is 6.33. The molecule has 0 amide bonds. The van der Waals surface area contributed by atoms with Crippen LogP contribution in [0.4, 0.5) is 5.69 Å². The van der Waals surface area contributed by atoms with Gasteiger partial charge < -0.3 is 15.6 Å². The number of thiocarbonyl (C=S) groups is 1. The van der Waals surface area contributed by atoms with Gasteiger partial charge in [0, 0.05) is 19.8 Å². The van der Waals surface area contributed by atoms with Crippen molar-refractivity contribution in [3.05, 3.63) is 59.9 Å². The summed E-state index contributed by atoms with van der Waals surface area (Å²) in [5.74, 6) is 0.734. The molecule has 0 saturated carbocycles. The minimum absolute atomic E-state index is 0.0948. The maximum Gasteiger partial charge on any atom is 0.117 e. The van der Waals surface area contributed by atoms with E-state index < -0.39 is 0 Å². The second-order valence-electron chi connectivity index (χ2n) is 5.86. The third kappa shape index (κ3) is 3.35. The fourth-order valence-corrected chi connectivity index (χ4v) is 2.83. The molecule has 0 bridgehead atoms. The fourth-order valence-electron chi connectivity index (χ4n) is 2.64. The number of hydrogen-bond donors (Lipinski definition) is 2. The van der Waals surface area contributed by atoms with E-state index >= 15 is 0 Å². The van der Waals surface area contributed by atoms with Gasteiger partial charge in [-0.3, -0.25) is 0 Å². The van der Waals surface area contributed by atoms with Gasteiger partial charge in [-0.05, 0) is 36.2 Å². The second kappa shape index (κ2) is 6.38. The number of benzene rings is 2. The molecule has 118 valence electrons.